The first-order valence-electron chi connectivity index (χ1n) is 9.50. The summed E-state index contributed by atoms with van der Waals surface area (Å²) >= 11 is 5.92. The fourth-order valence-corrected chi connectivity index (χ4v) is 3.41. The molecule has 0 amide bonds. The van der Waals surface area contributed by atoms with Crippen LogP contribution < -0.4 is 10.1 Å². The van der Waals surface area contributed by atoms with E-state index in [0.29, 0.717) is 6.61 Å². The molecule has 2 N–H and O–H groups in total. The number of halogens is 2. The predicted molar refractivity (Wildman–Crippen MR) is 123 cm³/mol. The highest BCUT2D eigenvalue weighted by molar-refractivity contribution is 6.30. The number of nitrogens with one attached hydrogen (secondary N) is 2. The van der Waals surface area contributed by atoms with Crippen molar-refractivity contribution in [3.8, 4) is 5.75 Å². The number of hydrogen-bond acceptors (Lipinski definition) is 2. The molecule has 1 aromatic heterocycles. The second kappa shape index (κ2) is 10.4. The number of benzene rings is 3. The zero-order valence-corrected chi connectivity index (χ0v) is 17.6. The predicted octanol–water partition coefficient (Wildman–Crippen LogP) is 6.15. The Balaban J connectivity index is 0.00000240. The van der Waals surface area contributed by atoms with E-state index in [4.69, 9.17) is 16.3 Å². The van der Waals surface area contributed by atoms with Crippen LogP contribution in [0.2, 0.25) is 5.02 Å². The van der Waals surface area contributed by atoms with E-state index >= 15 is 0 Å². The Morgan fingerprint density at radius 1 is 0.897 bits per heavy atom. The average molecular weight is 427 g/mol. The second-order valence-corrected chi connectivity index (χ2v) is 7.29. The number of aromatic nitrogens is 1. The fraction of sp³-hybridized carbons (Fsp3) is 0.167. The molecule has 0 aliphatic heterocycles. The topological polar surface area (TPSA) is 37.0 Å². The molecule has 0 radical (unpaired) electrons. The first-order chi connectivity index (χ1) is 13.8. The van der Waals surface area contributed by atoms with E-state index in [1.54, 1.807) is 0 Å². The summed E-state index contributed by atoms with van der Waals surface area (Å²) in [6, 6.07) is 24.4. The van der Waals surface area contributed by atoms with Crippen LogP contribution in [0.5, 0.6) is 5.75 Å². The van der Waals surface area contributed by atoms with Crippen LogP contribution in [0.25, 0.3) is 10.9 Å². The van der Waals surface area contributed by atoms with Crippen LogP contribution in [0.3, 0.4) is 0 Å². The molecule has 150 valence electrons. The van der Waals surface area contributed by atoms with Crippen molar-refractivity contribution in [2.24, 2.45) is 0 Å². The third-order valence-electron chi connectivity index (χ3n) is 4.79. The number of H-pyrrole nitrogens is 1. The van der Waals surface area contributed by atoms with Crippen LogP contribution in [-0.2, 0) is 19.6 Å². The van der Waals surface area contributed by atoms with Gasteiger partial charge in [0.15, 0.2) is 0 Å². The molecule has 3 nitrogen and oxygen atoms in total. The number of para-hydroxylation sites is 1. The van der Waals surface area contributed by atoms with Crippen LogP contribution >= 0.6 is 24.0 Å². The van der Waals surface area contributed by atoms with Crippen molar-refractivity contribution < 1.29 is 4.74 Å². The Bertz CT molecular complexity index is 1040. The summed E-state index contributed by atoms with van der Waals surface area (Å²) < 4.78 is 5.91. The molecule has 1 heterocycles. The Morgan fingerprint density at radius 2 is 1.72 bits per heavy atom. The molecule has 0 fully saturated rings. The van der Waals surface area contributed by atoms with E-state index in [1.165, 1.54) is 22.0 Å². The van der Waals surface area contributed by atoms with Crippen molar-refractivity contribution >= 4 is 34.9 Å². The molecule has 0 spiro atoms. The molecule has 0 saturated carbocycles. The smallest absolute Gasteiger partial charge is 0.120 e. The largest absolute Gasteiger partial charge is 0.489 e. The van der Waals surface area contributed by atoms with Crippen LogP contribution in [0, 0.1) is 0 Å². The molecule has 5 heteroatoms. The van der Waals surface area contributed by atoms with Crippen LogP contribution in [0.15, 0.2) is 79.0 Å². The maximum Gasteiger partial charge on any atom is 0.120 e. The summed E-state index contributed by atoms with van der Waals surface area (Å²) in [5, 5.41) is 5.58. The van der Waals surface area contributed by atoms with Gasteiger partial charge < -0.3 is 15.0 Å². The molecule has 29 heavy (non-hydrogen) atoms. The van der Waals surface area contributed by atoms with Crippen molar-refractivity contribution in [2.75, 3.05) is 6.54 Å². The molecule has 0 aliphatic carbocycles. The molecule has 0 unspecified atom stereocenters. The van der Waals surface area contributed by atoms with E-state index < -0.39 is 0 Å². The minimum Gasteiger partial charge on any atom is -0.489 e. The van der Waals surface area contributed by atoms with Gasteiger partial charge in [0, 0.05) is 28.7 Å². The number of fused-ring (bicyclic) bond motifs is 1. The lowest BCUT2D eigenvalue weighted by Crippen LogP contribution is -2.16. The summed E-state index contributed by atoms with van der Waals surface area (Å²) in [7, 11) is 0. The summed E-state index contributed by atoms with van der Waals surface area (Å²) in [4.78, 5) is 3.33. The van der Waals surface area contributed by atoms with Crippen molar-refractivity contribution in [1.82, 2.24) is 10.3 Å². The number of aromatic amines is 1. The summed E-state index contributed by atoms with van der Waals surface area (Å²) in [6.07, 6.45) is 3.11. The van der Waals surface area contributed by atoms with E-state index in [1.807, 2.05) is 36.4 Å². The minimum atomic E-state index is 0. The molecule has 0 bridgehead atoms. The molecule has 4 aromatic rings. The average Bonchev–Trinajstić information content (AvgIpc) is 3.14. The third-order valence-corrected chi connectivity index (χ3v) is 5.04. The van der Waals surface area contributed by atoms with E-state index in [-0.39, 0.29) is 12.4 Å². The van der Waals surface area contributed by atoms with Crippen LogP contribution in [0.1, 0.15) is 16.7 Å². The van der Waals surface area contributed by atoms with Crippen molar-refractivity contribution in [2.45, 2.75) is 19.6 Å². The van der Waals surface area contributed by atoms with Gasteiger partial charge in [-0.15, -0.1) is 12.4 Å². The molecule has 3 aromatic carbocycles. The van der Waals surface area contributed by atoms with Gasteiger partial charge in [-0.05, 0) is 60.0 Å². The quantitative estimate of drug-likeness (QED) is 0.331. The van der Waals surface area contributed by atoms with E-state index in [9.17, 15) is 0 Å². The molecular formula is C24H24Cl2N2O. The maximum absolute atomic E-state index is 5.92. The zero-order chi connectivity index (χ0) is 19.2. The summed E-state index contributed by atoms with van der Waals surface area (Å²) in [6.45, 7) is 2.28. The van der Waals surface area contributed by atoms with Gasteiger partial charge in [-0.2, -0.15) is 0 Å². The molecule has 0 saturated heterocycles. The van der Waals surface area contributed by atoms with Crippen molar-refractivity contribution in [3.05, 3.63) is 101 Å². The SMILES string of the molecule is Cl.Clc1ccc(COc2cccc(CNCCc3c[nH]c4ccccc34)c2)cc1. The minimum absolute atomic E-state index is 0. The Morgan fingerprint density at radius 3 is 2.59 bits per heavy atom. The van der Waals surface area contributed by atoms with E-state index in [2.05, 4.69) is 52.9 Å². The summed E-state index contributed by atoms with van der Waals surface area (Å²) in [5.41, 5.74) is 4.87. The van der Waals surface area contributed by atoms with Gasteiger partial charge in [-0.1, -0.05) is 54.1 Å². The highest BCUT2D eigenvalue weighted by Crippen LogP contribution is 2.18. The first kappa shape index (κ1) is 21.3. The molecule has 0 atom stereocenters. The van der Waals surface area contributed by atoms with Gasteiger partial charge in [0.2, 0.25) is 0 Å². The van der Waals surface area contributed by atoms with Crippen LogP contribution in [-0.4, -0.2) is 11.5 Å². The van der Waals surface area contributed by atoms with Gasteiger partial charge in [0.05, 0.1) is 0 Å². The van der Waals surface area contributed by atoms with E-state index in [0.717, 1.165) is 35.8 Å². The Kier molecular flexibility index (Phi) is 7.59. The lowest BCUT2D eigenvalue weighted by atomic mass is 10.1. The highest BCUT2D eigenvalue weighted by atomic mass is 35.5. The number of ether oxygens (including phenoxy) is 1. The maximum atomic E-state index is 5.92. The Hall–Kier alpha value is -2.46. The standard InChI is InChI=1S/C24H23ClN2O.ClH/c25-21-10-8-18(9-11-21)17-28-22-5-3-4-19(14-22)15-26-13-12-20-16-27-24-7-2-1-6-23(20)24;/h1-11,14,16,26-27H,12-13,15,17H2;1H. The second-order valence-electron chi connectivity index (χ2n) is 6.85. The molecule has 0 aliphatic rings. The lowest BCUT2D eigenvalue weighted by molar-refractivity contribution is 0.306. The summed E-state index contributed by atoms with van der Waals surface area (Å²) in [5.74, 6) is 0.880. The zero-order valence-electron chi connectivity index (χ0n) is 16.0. The van der Waals surface area contributed by atoms with Gasteiger partial charge in [-0.25, -0.2) is 0 Å². The van der Waals surface area contributed by atoms with Crippen molar-refractivity contribution in [3.63, 3.8) is 0 Å². The van der Waals surface area contributed by atoms with Gasteiger partial charge in [0.25, 0.3) is 0 Å². The highest BCUT2D eigenvalue weighted by Gasteiger charge is 2.03. The van der Waals surface area contributed by atoms with Gasteiger partial charge in [0.1, 0.15) is 12.4 Å². The third kappa shape index (κ3) is 5.77. The normalized spacial score (nSPS) is 10.7. The number of rotatable bonds is 8. The first-order valence-corrected chi connectivity index (χ1v) is 9.87. The lowest BCUT2D eigenvalue weighted by Gasteiger charge is -2.09. The van der Waals surface area contributed by atoms with Crippen molar-refractivity contribution in [1.29, 1.82) is 0 Å². The monoisotopic (exact) mass is 426 g/mol. The number of hydrogen-bond donors (Lipinski definition) is 2. The Labute approximate surface area is 182 Å². The molecule has 4 rings (SSSR count). The molecular weight excluding hydrogens is 403 g/mol. The van der Waals surface area contributed by atoms with Gasteiger partial charge in [-0.3, -0.25) is 0 Å². The van der Waals surface area contributed by atoms with Gasteiger partial charge >= 0.3 is 0 Å². The fourth-order valence-electron chi connectivity index (χ4n) is 3.29. The van der Waals surface area contributed by atoms with Crippen LogP contribution in [0.4, 0.5) is 0 Å².